The number of ether oxygens (including phenoxy) is 2. The SMILES string of the molecule is CNC[C@@H]1O[C@H]1[C@@H](CC(C)C)C(=O)OC(C)(C)C. The Morgan fingerprint density at radius 3 is 2.44 bits per heavy atom. The highest BCUT2D eigenvalue weighted by Gasteiger charge is 2.48. The largest absolute Gasteiger partial charge is 0.460 e. The van der Waals surface area contributed by atoms with Gasteiger partial charge in [-0.3, -0.25) is 4.79 Å². The van der Waals surface area contributed by atoms with Crippen molar-refractivity contribution >= 4 is 5.97 Å². The molecule has 1 fully saturated rings. The van der Waals surface area contributed by atoms with Gasteiger partial charge in [-0.25, -0.2) is 0 Å². The van der Waals surface area contributed by atoms with Crippen molar-refractivity contribution < 1.29 is 14.3 Å². The maximum Gasteiger partial charge on any atom is 0.312 e. The van der Waals surface area contributed by atoms with Crippen molar-refractivity contribution in [2.24, 2.45) is 11.8 Å². The molecule has 4 heteroatoms. The molecule has 0 spiro atoms. The van der Waals surface area contributed by atoms with Crippen LogP contribution >= 0.6 is 0 Å². The molecule has 0 bridgehead atoms. The molecule has 1 aliphatic rings. The van der Waals surface area contributed by atoms with Crippen molar-refractivity contribution in [2.45, 2.75) is 58.8 Å². The van der Waals surface area contributed by atoms with Crippen LogP contribution in [0.1, 0.15) is 41.0 Å². The molecule has 0 aliphatic carbocycles. The second-order valence-electron chi connectivity index (χ2n) is 6.47. The fourth-order valence-electron chi connectivity index (χ4n) is 2.13. The molecule has 0 aromatic carbocycles. The van der Waals surface area contributed by atoms with Gasteiger partial charge in [0.1, 0.15) is 5.60 Å². The predicted molar refractivity (Wildman–Crippen MR) is 71.4 cm³/mol. The van der Waals surface area contributed by atoms with E-state index in [9.17, 15) is 4.79 Å². The third kappa shape index (κ3) is 4.94. The van der Waals surface area contributed by atoms with Crippen molar-refractivity contribution in [3.63, 3.8) is 0 Å². The fraction of sp³-hybridized carbons (Fsp3) is 0.929. The smallest absolute Gasteiger partial charge is 0.312 e. The molecule has 1 N–H and O–H groups in total. The third-order valence-corrected chi connectivity index (χ3v) is 2.86. The number of epoxide rings is 1. The lowest BCUT2D eigenvalue weighted by atomic mass is 9.92. The Kier molecular flexibility index (Phi) is 5.17. The predicted octanol–water partition coefficient (Wildman–Crippen LogP) is 1.98. The highest BCUT2D eigenvalue weighted by atomic mass is 16.6. The first kappa shape index (κ1) is 15.4. The lowest BCUT2D eigenvalue weighted by molar-refractivity contribution is -0.161. The Hall–Kier alpha value is -0.610. The first-order valence-corrected chi connectivity index (χ1v) is 6.77. The zero-order valence-corrected chi connectivity index (χ0v) is 12.4. The summed E-state index contributed by atoms with van der Waals surface area (Å²) in [6, 6.07) is 0. The molecule has 4 nitrogen and oxygen atoms in total. The van der Waals surface area contributed by atoms with Crippen LogP contribution in [0.25, 0.3) is 0 Å². The molecular weight excluding hydrogens is 230 g/mol. The number of hydrogen-bond acceptors (Lipinski definition) is 4. The van der Waals surface area contributed by atoms with Crippen LogP contribution in [0, 0.1) is 11.8 Å². The number of esters is 1. The zero-order chi connectivity index (χ0) is 13.9. The standard InChI is InChI=1S/C14H27NO3/c1-9(2)7-10(12-11(17-12)8-15-6)13(16)18-14(3,4)5/h9-12,15H,7-8H2,1-6H3/t10-,11+,12+/m1/s1. The molecule has 0 amide bonds. The van der Waals surface area contributed by atoms with E-state index in [1.165, 1.54) is 0 Å². The highest BCUT2D eigenvalue weighted by molar-refractivity contribution is 5.74. The van der Waals surface area contributed by atoms with Crippen molar-refractivity contribution in [1.82, 2.24) is 5.32 Å². The third-order valence-electron chi connectivity index (χ3n) is 2.86. The van der Waals surface area contributed by atoms with Gasteiger partial charge in [-0.15, -0.1) is 0 Å². The maximum absolute atomic E-state index is 12.2. The van der Waals surface area contributed by atoms with Crippen LogP contribution in [0.5, 0.6) is 0 Å². The number of hydrogen-bond donors (Lipinski definition) is 1. The van der Waals surface area contributed by atoms with Crippen molar-refractivity contribution in [1.29, 1.82) is 0 Å². The number of carbonyl (C=O) groups excluding carboxylic acids is 1. The summed E-state index contributed by atoms with van der Waals surface area (Å²) in [5.74, 6) is 0.198. The normalized spacial score (nSPS) is 25.1. The van der Waals surface area contributed by atoms with E-state index in [-0.39, 0.29) is 24.1 Å². The molecule has 0 unspecified atom stereocenters. The van der Waals surface area contributed by atoms with E-state index in [0.717, 1.165) is 13.0 Å². The minimum Gasteiger partial charge on any atom is -0.460 e. The summed E-state index contributed by atoms with van der Waals surface area (Å²) in [5.41, 5.74) is -0.431. The summed E-state index contributed by atoms with van der Waals surface area (Å²) in [5, 5.41) is 3.08. The molecule has 0 aromatic heterocycles. The second-order valence-corrected chi connectivity index (χ2v) is 6.47. The minimum atomic E-state index is -0.431. The lowest BCUT2D eigenvalue weighted by Gasteiger charge is -2.24. The van der Waals surface area contributed by atoms with E-state index in [1.54, 1.807) is 0 Å². The van der Waals surface area contributed by atoms with Gasteiger partial charge in [-0.05, 0) is 40.2 Å². The van der Waals surface area contributed by atoms with Crippen molar-refractivity contribution in [3.05, 3.63) is 0 Å². The lowest BCUT2D eigenvalue weighted by Crippen LogP contribution is -2.33. The van der Waals surface area contributed by atoms with E-state index in [2.05, 4.69) is 19.2 Å². The van der Waals surface area contributed by atoms with Gasteiger partial charge in [0, 0.05) is 6.54 Å². The molecule has 0 aromatic rings. The van der Waals surface area contributed by atoms with Crippen LogP contribution in [-0.2, 0) is 14.3 Å². The molecular formula is C14H27NO3. The molecule has 1 aliphatic heterocycles. The highest BCUT2D eigenvalue weighted by Crippen LogP contribution is 2.34. The van der Waals surface area contributed by atoms with Crippen LogP contribution < -0.4 is 5.32 Å². The maximum atomic E-state index is 12.2. The van der Waals surface area contributed by atoms with Gasteiger partial charge in [-0.1, -0.05) is 13.8 Å². The van der Waals surface area contributed by atoms with E-state index < -0.39 is 5.60 Å². The Morgan fingerprint density at radius 1 is 1.39 bits per heavy atom. The molecule has 106 valence electrons. The molecule has 1 heterocycles. The molecule has 0 saturated carbocycles. The van der Waals surface area contributed by atoms with Crippen molar-refractivity contribution in [2.75, 3.05) is 13.6 Å². The number of nitrogens with one attached hydrogen (secondary N) is 1. The zero-order valence-electron chi connectivity index (χ0n) is 12.4. The van der Waals surface area contributed by atoms with Crippen LogP contribution in [0.15, 0.2) is 0 Å². The van der Waals surface area contributed by atoms with Gasteiger partial charge >= 0.3 is 5.97 Å². The van der Waals surface area contributed by atoms with E-state index >= 15 is 0 Å². The summed E-state index contributed by atoms with van der Waals surface area (Å²) in [6.07, 6.45) is 1.00. The van der Waals surface area contributed by atoms with E-state index in [4.69, 9.17) is 9.47 Å². The Balaban J connectivity index is 2.59. The summed E-state index contributed by atoms with van der Waals surface area (Å²) < 4.78 is 11.1. The van der Waals surface area contributed by atoms with Gasteiger partial charge in [0.2, 0.25) is 0 Å². The van der Waals surface area contributed by atoms with Crippen LogP contribution in [0.3, 0.4) is 0 Å². The summed E-state index contributed by atoms with van der Waals surface area (Å²) in [4.78, 5) is 12.2. The molecule has 0 radical (unpaired) electrons. The molecule has 3 atom stereocenters. The van der Waals surface area contributed by atoms with E-state index in [1.807, 2.05) is 27.8 Å². The topological polar surface area (TPSA) is 50.9 Å². The summed E-state index contributed by atoms with van der Waals surface area (Å²) in [6.45, 7) is 10.7. The second kappa shape index (κ2) is 6.02. The monoisotopic (exact) mass is 257 g/mol. The van der Waals surface area contributed by atoms with Gasteiger partial charge in [0.05, 0.1) is 18.1 Å². The summed E-state index contributed by atoms with van der Waals surface area (Å²) in [7, 11) is 1.89. The molecule has 18 heavy (non-hydrogen) atoms. The quantitative estimate of drug-likeness (QED) is 0.584. The van der Waals surface area contributed by atoms with Gasteiger partial charge in [-0.2, -0.15) is 0 Å². The van der Waals surface area contributed by atoms with Gasteiger partial charge in [0.25, 0.3) is 0 Å². The van der Waals surface area contributed by atoms with Crippen molar-refractivity contribution in [3.8, 4) is 0 Å². The number of likely N-dealkylation sites (N-methyl/N-ethyl adjacent to an activating group) is 1. The first-order chi connectivity index (χ1) is 8.24. The number of rotatable bonds is 6. The molecule has 1 rings (SSSR count). The Labute approximate surface area is 110 Å². The molecule has 1 saturated heterocycles. The Bertz CT molecular complexity index is 283. The fourth-order valence-corrected chi connectivity index (χ4v) is 2.13. The van der Waals surface area contributed by atoms with Crippen LogP contribution in [0.4, 0.5) is 0 Å². The summed E-state index contributed by atoms with van der Waals surface area (Å²) >= 11 is 0. The van der Waals surface area contributed by atoms with Gasteiger partial charge < -0.3 is 14.8 Å². The Morgan fingerprint density at radius 2 is 2.00 bits per heavy atom. The van der Waals surface area contributed by atoms with Crippen LogP contribution in [-0.4, -0.2) is 37.4 Å². The minimum absolute atomic E-state index is 0.0229. The van der Waals surface area contributed by atoms with E-state index in [0.29, 0.717) is 5.92 Å². The average molecular weight is 257 g/mol. The average Bonchev–Trinajstić information content (AvgIpc) is 2.91. The van der Waals surface area contributed by atoms with Gasteiger partial charge in [0.15, 0.2) is 0 Å². The first-order valence-electron chi connectivity index (χ1n) is 6.77. The van der Waals surface area contributed by atoms with Crippen LogP contribution in [0.2, 0.25) is 0 Å². The number of carbonyl (C=O) groups is 1.